The number of hydrogen-bond acceptors (Lipinski definition) is 4. The number of nitrogens with one attached hydrogen (secondary N) is 1. The molecule has 5 nitrogen and oxygen atoms in total. The number of rotatable bonds is 5. The Kier molecular flexibility index (Phi) is 6.23. The number of nitrogens with zero attached hydrogens (tertiary/aromatic N) is 3. The first-order valence-corrected chi connectivity index (χ1v) is 9.21. The molecule has 1 aromatic heterocycles. The number of carbonyl (C=O) groups excluding carboxylic acids is 1. The summed E-state index contributed by atoms with van der Waals surface area (Å²) in [5.41, 5.74) is 1.59. The summed E-state index contributed by atoms with van der Waals surface area (Å²) in [4.78, 5) is 14.4. The standard InChI is InChI=1S/C19H23ClN4O/c20-16-7-5-6-15(14-16)10-11-21-18-9-8-17(22-23-18)19(25)24-12-3-1-2-4-13-24/h5-9,14H,1-4,10-13H2,(H,21,23). The van der Waals surface area contributed by atoms with Gasteiger partial charge in [0.05, 0.1) is 0 Å². The highest BCUT2D eigenvalue weighted by molar-refractivity contribution is 6.30. The van der Waals surface area contributed by atoms with Crippen LogP contribution in [0.3, 0.4) is 0 Å². The average Bonchev–Trinajstić information content (AvgIpc) is 2.91. The first-order valence-electron chi connectivity index (χ1n) is 8.84. The third-order valence-corrected chi connectivity index (χ3v) is 4.62. The van der Waals surface area contributed by atoms with Crippen LogP contribution >= 0.6 is 11.6 Å². The molecule has 1 aliphatic rings. The van der Waals surface area contributed by atoms with Crippen LogP contribution in [-0.2, 0) is 6.42 Å². The molecule has 3 rings (SSSR count). The molecule has 6 heteroatoms. The van der Waals surface area contributed by atoms with Crippen molar-refractivity contribution in [1.29, 1.82) is 0 Å². The summed E-state index contributed by atoms with van der Waals surface area (Å²) in [5.74, 6) is 0.661. The van der Waals surface area contributed by atoms with E-state index in [2.05, 4.69) is 15.5 Å². The van der Waals surface area contributed by atoms with Gasteiger partial charge in [0.15, 0.2) is 5.69 Å². The van der Waals surface area contributed by atoms with Crippen molar-refractivity contribution in [3.8, 4) is 0 Å². The molecule has 2 heterocycles. The average molecular weight is 359 g/mol. The molecule has 0 bridgehead atoms. The van der Waals surface area contributed by atoms with Gasteiger partial charge in [0, 0.05) is 24.7 Å². The maximum absolute atomic E-state index is 12.5. The van der Waals surface area contributed by atoms with Crippen LogP contribution in [0.1, 0.15) is 41.7 Å². The molecular weight excluding hydrogens is 336 g/mol. The zero-order chi connectivity index (χ0) is 17.5. The first-order chi connectivity index (χ1) is 12.2. The molecule has 0 spiro atoms. The fourth-order valence-electron chi connectivity index (χ4n) is 3.00. The van der Waals surface area contributed by atoms with E-state index in [0.29, 0.717) is 11.5 Å². The predicted molar refractivity (Wildman–Crippen MR) is 100 cm³/mol. The number of anilines is 1. The van der Waals surface area contributed by atoms with Crippen molar-refractivity contribution in [3.05, 3.63) is 52.7 Å². The molecule has 0 atom stereocenters. The van der Waals surface area contributed by atoms with E-state index in [-0.39, 0.29) is 5.91 Å². The van der Waals surface area contributed by atoms with Gasteiger partial charge >= 0.3 is 0 Å². The van der Waals surface area contributed by atoms with Crippen LogP contribution in [0.25, 0.3) is 0 Å². The Morgan fingerprint density at radius 2 is 1.88 bits per heavy atom. The summed E-state index contributed by atoms with van der Waals surface area (Å²) < 4.78 is 0. The Balaban J connectivity index is 1.52. The Bertz CT molecular complexity index is 697. The van der Waals surface area contributed by atoms with Gasteiger partial charge in [0.2, 0.25) is 0 Å². The highest BCUT2D eigenvalue weighted by Crippen LogP contribution is 2.13. The van der Waals surface area contributed by atoms with Crippen LogP contribution in [-0.4, -0.2) is 40.6 Å². The molecule has 1 aliphatic heterocycles. The molecule has 1 amide bonds. The van der Waals surface area contributed by atoms with E-state index < -0.39 is 0 Å². The second kappa shape index (κ2) is 8.81. The SMILES string of the molecule is O=C(c1ccc(NCCc2cccc(Cl)c2)nn1)N1CCCCCC1. The second-order valence-electron chi connectivity index (χ2n) is 6.32. The molecular formula is C19H23ClN4O. The van der Waals surface area contributed by atoms with Crippen molar-refractivity contribution >= 4 is 23.3 Å². The normalized spacial score (nSPS) is 14.8. The molecule has 2 aromatic rings. The lowest BCUT2D eigenvalue weighted by atomic mass is 10.1. The molecule has 1 aromatic carbocycles. The van der Waals surface area contributed by atoms with Gasteiger partial charge in [-0.25, -0.2) is 0 Å². The van der Waals surface area contributed by atoms with Crippen LogP contribution in [0.5, 0.6) is 0 Å². The van der Waals surface area contributed by atoms with E-state index in [9.17, 15) is 4.79 Å². The minimum atomic E-state index is -0.0140. The third-order valence-electron chi connectivity index (χ3n) is 4.39. The third kappa shape index (κ3) is 5.16. The summed E-state index contributed by atoms with van der Waals surface area (Å²) in [6.45, 7) is 2.37. The summed E-state index contributed by atoms with van der Waals surface area (Å²) in [6.07, 6.45) is 5.39. The van der Waals surface area contributed by atoms with Gasteiger partial charge in [-0.1, -0.05) is 36.6 Å². The summed E-state index contributed by atoms with van der Waals surface area (Å²) >= 11 is 5.98. The van der Waals surface area contributed by atoms with Gasteiger partial charge < -0.3 is 10.2 Å². The largest absolute Gasteiger partial charge is 0.368 e. The maximum atomic E-state index is 12.5. The lowest BCUT2D eigenvalue weighted by Gasteiger charge is -2.19. The van der Waals surface area contributed by atoms with Crippen LogP contribution < -0.4 is 5.32 Å². The number of carbonyl (C=O) groups is 1. The zero-order valence-electron chi connectivity index (χ0n) is 14.2. The number of aromatic nitrogens is 2. The molecule has 132 valence electrons. The van der Waals surface area contributed by atoms with Crippen molar-refractivity contribution < 1.29 is 4.79 Å². The highest BCUT2D eigenvalue weighted by Gasteiger charge is 2.18. The van der Waals surface area contributed by atoms with Gasteiger partial charge in [0.1, 0.15) is 5.82 Å². The highest BCUT2D eigenvalue weighted by atomic mass is 35.5. The van der Waals surface area contributed by atoms with E-state index in [4.69, 9.17) is 11.6 Å². The smallest absolute Gasteiger partial charge is 0.274 e. The number of hydrogen-bond donors (Lipinski definition) is 1. The van der Waals surface area contributed by atoms with Crippen LogP contribution in [0.4, 0.5) is 5.82 Å². The van der Waals surface area contributed by atoms with Gasteiger partial charge in [-0.2, -0.15) is 0 Å². The zero-order valence-corrected chi connectivity index (χ0v) is 15.0. The quantitative estimate of drug-likeness (QED) is 0.883. The van der Waals surface area contributed by atoms with Crippen molar-refractivity contribution in [2.75, 3.05) is 25.0 Å². The van der Waals surface area contributed by atoms with Crippen molar-refractivity contribution in [3.63, 3.8) is 0 Å². The molecule has 1 N–H and O–H groups in total. The van der Waals surface area contributed by atoms with Gasteiger partial charge in [-0.15, -0.1) is 10.2 Å². The van der Waals surface area contributed by atoms with Gasteiger partial charge in [-0.3, -0.25) is 4.79 Å². The lowest BCUT2D eigenvalue weighted by Crippen LogP contribution is -2.32. The van der Waals surface area contributed by atoms with Crippen molar-refractivity contribution in [1.82, 2.24) is 15.1 Å². The van der Waals surface area contributed by atoms with E-state index in [1.54, 1.807) is 6.07 Å². The number of halogens is 1. The fraction of sp³-hybridized carbons (Fsp3) is 0.421. The summed E-state index contributed by atoms with van der Waals surface area (Å²) in [7, 11) is 0. The first kappa shape index (κ1) is 17.7. The van der Waals surface area contributed by atoms with E-state index >= 15 is 0 Å². The molecule has 0 unspecified atom stereocenters. The van der Waals surface area contributed by atoms with Crippen LogP contribution in [0.15, 0.2) is 36.4 Å². The maximum Gasteiger partial charge on any atom is 0.274 e. The van der Waals surface area contributed by atoms with Crippen molar-refractivity contribution in [2.24, 2.45) is 0 Å². The molecule has 1 saturated heterocycles. The second-order valence-corrected chi connectivity index (χ2v) is 6.75. The monoisotopic (exact) mass is 358 g/mol. The van der Waals surface area contributed by atoms with E-state index in [0.717, 1.165) is 43.9 Å². The Morgan fingerprint density at radius 3 is 2.56 bits per heavy atom. The number of amides is 1. The lowest BCUT2D eigenvalue weighted by molar-refractivity contribution is 0.0754. The number of likely N-dealkylation sites (tertiary alicyclic amines) is 1. The minimum absolute atomic E-state index is 0.0140. The van der Waals surface area contributed by atoms with E-state index in [1.807, 2.05) is 35.2 Å². The Hall–Kier alpha value is -2.14. The fourth-order valence-corrected chi connectivity index (χ4v) is 3.22. The Labute approximate surface area is 153 Å². The van der Waals surface area contributed by atoms with Gasteiger partial charge in [-0.05, 0) is 49.1 Å². The summed E-state index contributed by atoms with van der Waals surface area (Å²) in [5, 5.41) is 12.2. The topological polar surface area (TPSA) is 58.1 Å². The molecule has 1 fully saturated rings. The van der Waals surface area contributed by atoms with Crippen LogP contribution in [0.2, 0.25) is 5.02 Å². The van der Waals surface area contributed by atoms with Gasteiger partial charge in [0.25, 0.3) is 5.91 Å². The number of benzene rings is 1. The minimum Gasteiger partial charge on any atom is -0.368 e. The van der Waals surface area contributed by atoms with E-state index in [1.165, 1.54) is 18.4 Å². The van der Waals surface area contributed by atoms with Crippen LogP contribution in [0, 0.1) is 0 Å². The molecule has 0 saturated carbocycles. The molecule has 0 radical (unpaired) electrons. The predicted octanol–water partition coefficient (Wildman–Crippen LogP) is 3.80. The Morgan fingerprint density at radius 1 is 1.08 bits per heavy atom. The summed E-state index contributed by atoms with van der Waals surface area (Å²) in [6, 6.07) is 11.4. The van der Waals surface area contributed by atoms with Crippen molar-refractivity contribution in [2.45, 2.75) is 32.1 Å². The molecule has 0 aliphatic carbocycles. The molecule has 25 heavy (non-hydrogen) atoms.